The fraction of sp³-hybridized carbons (Fsp3) is 0.500. The third-order valence-corrected chi connectivity index (χ3v) is 1.94. The van der Waals surface area contributed by atoms with Crippen LogP contribution in [0.25, 0.3) is 0 Å². The number of ether oxygens (including phenoxy) is 1. The highest BCUT2D eigenvalue weighted by Gasteiger charge is 2.17. The molecule has 2 heteroatoms. The Morgan fingerprint density at radius 1 is 1.50 bits per heavy atom. The second-order valence-corrected chi connectivity index (χ2v) is 2.63. The molecule has 0 spiro atoms. The molecule has 1 aliphatic carbocycles. The van der Waals surface area contributed by atoms with Gasteiger partial charge in [0.05, 0.1) is 6.10 Å². The molecule has 2 rings (SSSR count). The van der Waals surface area contributed by atoms with Crippen molar-refractivity contribution in [2.24, 2.45) is 0 Å². The number of hydrogen-bond acceptors (Lipinski definition) is 2. The van der Waals surface area contributed by atoms with Crippen molar-refractivity contribution in [3.05, 3.63) is 23.9 Å². The van der Waals surface area contributed by atoms with Crippen molar-refractivity contribution < 1.29 is 4.74 Å². The minimum absolute atomic E-state index is 0.367. The summed E-state index contributed by atoms with van der Waals surface area (Å²) in [6.45, 7) is 0.669. The zero-order valence-corrected chi connectivity index (χ0v) is 5.84. The summed E-state index contributed by atoms with van der Waals surface area (Å²) in [5.74, 6) is 0. The van der Waals surface area contributed by atoms with Crippen LogP contribution in [0, 0.1) is 0 Å². The topological polar surface area (TPSA) is 21.3 Å². The number of nitrogens with one attached hydrogen (secondary N) is 1. The van der Waals surface area contributed by atoms with Gasteiger partial charge >= 0.3 is 0 Å². The molecule has 1 aliphatic heterocycles. The summed E-state index contributed by atoms with van der Waals surface area (Å²) in [7, 11) is 0. The minimum Gasteiger partial charge on any atom is -0.369 e. The summed E-state index contributed by atoms with van der Waals surface area (Å²) in [6.07, 6.45) is 8.93. The lowest BCUT2D eigenvalue weighted by Gasteiger charge is -2.26. The summed E-state index contributed by atoms with van der Waals surface area (Å²) in [5.41, 5.74) is 1.38. The normalized spacial score (nSPS) is 30.4. The number of rotatable bonds is 0. The van der Waals surface area contributed by atoms with Crippen molar-refractivity contribution in [2.75, 3.05) is 6.73 Å². The molecule has 0 amide bonds. The van der Waals surface area contributed by atoms with E-state index in [1.807, 2.05) is 0 Å². The van der Waals surface area contributed by atoms with Crippen molar-refractivity contribution in [3.8, 4) is 0 Å². The van der Waals surface area contributed by atoms with E-state index in [1.165, 1.54) is 5.57 Å². The van der Waals surface area contributed by atoms with Crippen molar-refractivity contribution in [3.63, 3.8) is 0 Å². The Balaban J connectivity index is 2.17. The highest BCUT2D eigenvalue weighted by molar-refractivity contribution is 5.19. The molecule has 2 aliphatic rings. The van der Waals surface area contributed by atoms with Crippen LogP contribution < -0.4 is 5.32 Å². The summed E-state index contributed by atoms with van der Waals surface area (Å²) < 4.78 is 5.45. The smallest absolute Gasteiger partial charge is 0.116 e. The van der Waals surface area contributed by atoms with Crippen LogP contribution in [-0.4, -0.2) is 12.8 Å². The summed E-state index contributed by atoms with van der Waals surface area (Å²) in [5, 5.41) is 3.07. The highest BCUT2D eigenvalue weighted by Crippen LogP contribution is 2.21. The predicted octanol–water partition coefficient (Wildman–Crippen LogP) is 1.17. The van der Waals surface area contributed by atoms with E-state index in [2.05, 4.69) is 23.7 Å². The maximum absolute atomic E-state index is 5.45. The monoisotopic (exact) mass is 137 g/mol. The first-order chi connectivity index (χ1) is 4.97. The van der Waals surface area contributed by atoms with Crippen molar-refractivity contribution >= 4 is 0 Å². The Hall–Kier alpha value is -0.760. The maximum Gasteiger partial charge on any atom is 0.116 e. The SMILES string of the molecule is C1=CCC2OCNC=C2C1. The van der Waals surface area contributed by atoms with Gasteiger partial charge < -0.3 is 10.1 Å². The van der Waals surface area contributed by atoms with Crippen LogP contribution >= 0.6 is 0 Å². The number of hydrogen-bond donors (Lipinski definition) is 1. The van der Waals surface area contributed by atoms with Crippen LogP contribution in [0.4, 0.5) is 0 Å². The Morgan fingerprint density at radius 2 is 2.50 bits per heavy atom. The Kier molecular flexibility index (Phi) is 1.47. The second-order valence-electron chi connectivity index (χ2n) is 2.63. The van der Waals surface area contributed by atoms with E-state index < -0.39 is 0 Å². The van der Waals surface area contributed by atoms with E-state index in [9.17, 15) is 0 Å². The summed E-state index contributed by atoms with van der Waals surface area (Å²) >= 11 is 0. The van der Waals surface area contributed by atoms with Crippen molar-refractivity contribution in [2.45, 2.75) is 18.9 Å². The second kappa shape index (κ2) is 2.46. The molecule has 0 bridgehead atoms. The molecule has 0 aromatic carbocycles. The lowest BCUT2D eigenvalue weighted by atomic mass is 9.98. The fourth-order valence-corrected chi connectivity index (χ4v) is 1.37. The molecule has 1 unspecified atom stereocenters. The molecule has 2 nitrogen and oxygen atoms in total. The standard InChI is InChI=1S/C8H11NO/c1-2-4-8-7(3-1)5-9-6-10-8/h1-2,5,8-9H,3-4,6H2. The molecule has 0 radical (unpaired) electrons. The first-order valence-electron chi connectivity index (χ1n) is 3.66. The molecular weight excluding hydrogens is 126 g/mol. The quantitative estimate of drug-likeness (QED) is 0.506. The van der Waals surface area contributed by atoms with E-state index in [4.69, 9.17) is 4.74 Å². The average Bonchev–Trinajstić information content (AvgIpc) is 2.05. The maximum atomic E-state index is 5.45. The Morgan fingerprint density at radius 3 is 3.40 bits per heavy atom. The largest absolute Gasteiger partial charge is 0.369 e. The first kappa shape index (κ1) is 5.98. The molecule has 0 saturated carbocycles. The third kappa shape index (κ3) is 0.948. The van der Waals surface area contributed by atoms with Gasteiger partial charge in [-0.25, -0.2) is 0 Å². The Labute approximate surface area is 60.6 Å². The van der Waals surface area contributed by atoms with Gasteiger partial charge in [-0.15, -0.1) is 0 Å². The average molecular weight is 137 g/mol. The van der Waals surface area contributed by atoms with Crippen LogP contribution in [0.5, 0.6) is 0 Å². The molecular formula is C8H11NO. The van der Waals surface area contributed by atoms with E-state index in [1.54, 1.807) is 0 Å². The lowest BCUT2D eigenvalue weighted by molar-refractivity contribution is 0.0569. The van der Waals surface area contributed by atoms with Gasteiger partial charge in [0.15, 0.2) is 0 Å². The van der Waals surface area contributed by atoms with Gasteiger partial charge in [0, 0.05) is 6.20 Å². The highest BCUT2D eigenvalue weighted by atomic mass is 16.5. The van der Waals surface area contributed by atoms with Crippen LogP contribution in [0.15, 0.2) is 23.9 Å². The van der Waals surface area contributed by atoms with Gasteiger partial charge in [0.1, 0.15) is 6.73 Å². The molecule has 0 aromatic rings. The van der Waals surface area contributed by atoms with Crippen LogP contribution in [-0.2, 0) is 4.74 Å². The fourth-order valence-electron chi connectivity index (χ4n) is 1.37. The van der Waals surface area contributed by atoms with E-state index in [0.717, 1.165) is 12.8 Å². The molecule has 1 atom stereocenters. The summed E-state index contributed by atoms with van der Waals surface area (Å²) in [4.78, 5) is 0. The van der Waals surface area contributed by atoms with Gasteiger partial charge in [-0.05, 0) is 18.4 Å². The number of fused-ring (bicyclic) bond motifs is 1. The van der Waals surface area contributed by atoms with Gasteiger partial charge in [0.25, 0.3) is 0 Å². The van der Waals surface area contributed by atoms with Gasteiger partial charge in [-0.2, -0.15) is 0 Å². The molecule has 0 aromatic heterocycles. The Bertz CT molecular complexity index is 184. The van der Waals surface area contributed by atoms with Crippen molar-refractivity contribution in [1.29, 1.82) is 0 Å². The summed E-state index contributed by atoms with van der Waals surface area (Å²) in [6, 6.07) is 0. The molecule has 10 heavy (non-hydrogen) atoms. The first-order valence-corrected chi connectivity index (χ1v) is 3.66. The molecule has 54 valence electrons. The van der Waals surface area contributed by atoms with Crippen LogP contribution in [0.1, 0.15) is 12.8 Å². The van der Waals surface area contributed by atoms with Gasteiger partial charge in [-0.1, -0.05) is 12.2 Å². The van der Waals surface area contributed by atoms with Gasteiger partial charge in [0.2, 0.25) is 0 Å². The molecule has 1 heterocycles. The van der Waals surface area contributed by atoms with Crippen LogP contribution in [0.3, 0.4) is 0 Å². The van der Waals surface area contributed by atoms with E-state index >= 15 is 0 Å². The zero-order valence-electron chi connectivity index (χ0n) is 5.84. The van der Waals surface area contributed by atoms with E-state index in [-0.39, 0.29) is 0 Å². The van der Waals surface area contributed by atoms with Crippen LogP contribution in [0.2, 0.25) is 0 Å². The third-order valence-electron chi connectivity index (χ3n) is 1.94. The van der Waals surface area contributed by atoms with Gasteiger partial charge in [-0.3, -0.25) is 0 Å². The molecule has 0 saturated heterocycles. The lowest BCUT2D eigenvalue weighted by Crippen LogP contribution is -2.29. The number of allylic oxidation sites excluding steroid dienone is 1. The zero-order chi connectivity index (χ0) is 6.81. The minimum atomic E-state index is 0.367. The molecule has 0 fully saturated rings. The van der Waals surface area contributed by atoms with Crippen molar-refractivity contribution in [1.82, 2.24) is 5.32 Å². The van der Waals surface area contributed by atoms with E-state index in [0.29, 0.717) is 12.8 Å². The predicted molar refractivity (Wildman–Crippen MR) is 39.3 cm³/mol. The molecule has 1 N–H and O–H groups in total.